The summed E-state index contributed by atoms with van der Waals surface area (Å²) in [6.45, 7) is 10.6. The van der Waals surface area contributed by atoms with E-state index in [0.29, 0.717) is 6.54 Å². The molecule has 0 aliphatic carbocycles. The number of hydrogen-bond acceptors (Lipinski definition) is 2. The van der Waals surface area contributed by atoms with Crippen molar-refractivity contribution in [3.63, 3.8) is 0 Å². The molecule has 0 fully saturated rings. The van der Waals surface area contributed by atoms with Crippen molar-refractivity contribution < 1.29 is 0 Å². The van der Waals surface area contributed by atoms with Gasteiger partial charge in [0.1, 0.15) is 0 Å². The van der Waals surface area contributed by atoms with Crippen molar-refractivity contribution in [2.75, 3.05) is 0 Å². The van der Waals surface area contributed by atoms with E-state index in [2.05, 4.69) is 13.5 Å². The van der Waals surface area contributed by atoms with Crippen LogP contribution in [0.3, 0.4) is 0 Å². The lowest BCUT2D eigenvalue weighted by Gasteiger charge is -2.05. The van der Waals surface area contributed by atoms with Gasteiger partial charge >= 0.3 is 4.87 Å². The van der Waals surface area contributed by atoms with Crippen LogP contribution in [0.1, 0.15) is 23.9 Å². The molecule has 0 aliphatic rings. The third-order valence-corrected chi connectivity index (χ3v) is 3.25. The van der Waals surface area contributed by atoms with Gasteiger partial charge in [0.15, 0.2) is 0 Å². The van der Waals surface area contributed by atoms with Crippen LogP contribution in [0, 0.1) is 13.8 Å². The standard InChI is InChI=1S/C10H15NOS/c1-5-7(2)6-11-8(3)9(4)13-10(11)12/h2,5-6H2,1,3-4H3. The molecule has 0 saturated heterocycles. The first-order chi connectivity index (χ1) is 6.06. The van der Waals surface area contributed by atoms with Crippen LogP contribution >= 0.6 is 11.3 Å². The molecule has 0 aromatic carbocycles. The molecule has 0 amide bonds. The zero-order valence-corrected chi connectivity index (χ0v) is 9.20. The first-order valence-corrected chi connectivity index (χ1v) is 5.21. The van der Waals surface area contributed by atoms with Gasteiger partial charge in [0.2, 0.25) is 0 Å². The van der Waals surface area contributed by atoms with Crippen molar-refractivity contribution in [2.45, 2.75) is 33.7 Å². The molecule has 0 atom stereocenters. The van der Waals surface area contributed by atoms with Gasteiger partial charge in [0.05, 0.1) is 0 Å². The summed E-state index contributed by atoms with van der Waals surface area (Å²) in [6, 6.07) is 0. The fourth-order valence-electron chi connectivity index (χ4n) is 1.11. The van der Waals surface area contributed by atoms with Crippen LogP contribution in [0.25, 0.3) is 0 Å². The Labute approximate surface area is 82.5 Å². The highest BCUT2D eigenvalue weighted by Crippen LogP contribution is 2.11. The van der Waals surface area contributed by atoms with Gasteiger partial charge in [-0.05, 0) is 20.3 Å². The molecule has 2 nitrogen and oxygen atoms in total. The number of rotatable bonds is 3. The minimum atomic E-state index is 0.129. The van der Waals surface area contributed by atoms with Gasteiger partial charge in [0.25, 0.3) is 0 Å². The van der Waals surface area contributed by atoms with E-state index in [0.717, 1.165) is 22.6 Å². The summed E-state index contributed by atoms with van der Waals surface area (Å²) >= 11 is 1.31. The van der Waals surface area contributed by atoms with E-state index in [4.69, 9.17) is 0 Å². The maximum absolute atomic E-state index is 11.5. The molecule has 3 heteroatoms. The van der Waals surface area contributed by atoms with Crippen molar-refractivity contribution >= 4 is 11.3 Å². The van der Waals surface area contributed by atoms with Gasteiger partial charge in [-0.3, -0.25) is 9.36 Å². The summed E-state index contributed by atoms with van der Waals surface area (Å²) in [6.07, 6.45) is 0.931. The van der Waals surface area contributed by atoms with Gasteiger partial charge in [-0.1, -0.05) is 30.4 Å². The molecule has 13 heavy (non-hydrogen) atoms. The number of allylic oxidation sites excluding steroid dienone is 1. The molecule has 0 saturated carbocycles. The topological polar surface area (TPSA) is 22.0 Å². The average Bonchev–Trinajstić information content (AvgIpc) is 2.32. The van der Waals surface area contributed by atoms with Crippen molar-refractivity contribution in [3.05, 3.63) is 32.4 Å². The second-order valence-electron chi connectivity index (χ2n) is 3.20. The van der Waals surface area contributed by atoms with Crippen LogP contribution < -0.4 is 4.87 Å². The Balaban J connectivity index is 3.01. The van der Waals surface area contributed by atoms with Crippen LogP contribution in [-0.4, -0.2) is 4.57 Å². The summed E-state index contributed by atoms with van der Waals surface area (Å²) in [5.74, 6) is 0. The Hall–Kier alpha value is -0.830. The number of aryl methyl sites for hydroxylation is 1. The van der Waals surface area contributed by atoms with Crippen molar-refractivity contribution in [1.82, 2.24) is 4.57 Å². The van der Waals surface area contributed by atoms with Crippen molar-refractivity contribution in [2.24, 2.45) is 0 Å². The van der Waals surface area contributed by atoms with E-state index in [-0.39, 0.29) is 4.87 Å². The van der Waals surface area contributed by atoms with E-state index in [1.807, 2.05) is 13.8 Å². The zero-order chi connectivity index (χ0) is 10.0. The molecule has 0 aliphatic heterocycles. The fraction of sp³-hybridized carbons (Fsp3) is 0.500. The lowest BCUT2D eigenvalue weighted by molar-refractivity contribution is 0.721. The van der Waals surface area contributed by atoms with Crippen molar-refractivity contribution in [3.8, 4) is 0 Å². The Morgan fingerprint density at radius 3 is 2.54 bits per heavy atom. The first-order valence-electron chi connectivity index (χ1n) is 4.39. The molecular weight excluding hydrogens is 182 g/mol. The Morgan fingerprint density at radius 2 is 2.15 bits per heavy atom. The van der Waals surface area contributed by atoms with Gasteiger partial charge in [-0.25, -0.2) is 0 Å². The van der Waals surface area contributed by atoms with E-state index in [1.54, 1.807) is 4.57 Å². The second-order valence-corrected chi connectivity index (χ2v) is 4.37. The maximum Gasteiger partial charge on any atom is 0.307 e. The minimum absolute atomic E-state index is 0.129. The number of nitrogens with zero attached hydrogens (tertiary/aromatic N) is 1. The molecule has 1 heterocycles. The first kappa shape index (κ1) is 10.3. The van der Waals surface area contributed by atoms with E-state index >= 15 is 0 Å². The summed E-state index contributed by atoms with van der Waals surface area (Å²) in [5, 5.41) is 0. The number of aromatic nitrogens is 1. The third-order valence-electron chi connectivity index (χ3n) is 2.26. The molecule has 0 radical (unpaired) electrons. The third kappa shape index (κ3) is 2.10. The summed E-state index contributed by atoms with van der Waals surface area (Å²) in [7, 11) is 0. The van der Waals surface area contributed by atoms with Gasteiger partial charge in [-0.2, -0.15) is 0 Å². The molecular formula is C10H15NOS. The molecule has 1 aromatic rings. The predicted molar refractivity (Wildman–Crippen MR) is 57.5 cm³/mol. The van der Waals surface area contributed by atoms with Crippen LogP contribution in [-0.2, 0) is 6.54 Å². The van der Waals surface area contributed by atoms with Crippen LogP contribution in [0.15, 0.2) is 16.9 Å². The van der Waals surface area contributed by atoms with Gasteiger partial charge < -0.3 is 0 Å². The summed E-state index contributed by atoms with van der Waals surface area (Å²) < 4.78 is 1.80. The molecule has 0 unspecified atom stereocenters. The predicted octanol–water partition coefficient (Wildman–Crippen LogP) is 2.49. The van der Waals surface area contributed by atoms with E-state index in [1.165, 1.54) is 11.3 Å². The van der Waals surface area contributed by atoms with E-state index in [9.17, 15) is 4.79 Å². The zero-order valence-electron chi connectivity index (χ0n) is 8.39. The highest BCUT2D eigenvalue weighted by molar-refractivity contribution is 7.09. The minimum Gasteiger partial charge on any atom is -0.299 e. The quantitative estimate of drug-likeness (QED) is 0.682. The Morgan fingerprint density at radius 1 is 1.54 bits per heavy atom. The normalized spacial score (nSPS) is 10.4. The second kappa shape index (κ2) is 3.92. The molecule has 0 bridgehead atoms. The molecule has 1 aromatic heterocycles. The largest absolute Gasteiger partial charge is 0.307 e. The molecule has 1 rings (SSSR count). The van der Waals surface area contributed by atoms with Crippen molar-refractivity contribution in [1.29, 1.82) is 0 Å². The smallest absolute Gasteiger partial charge is 0.299 e. The molecule has 72 valence electrons. The maximum atomic E-state index is 11.5. The lowest BCUT2D eigenvalue weighted by Crippen LogP contribution is -2.15. The Bertz CT molecular complexity index is 373. The summed E-state index contributed by atoms with van der Waals surface area (Å²) in [4.78, 5) is 12.7. The van der Waals surface area contributed by atoms with Gasteiger partial charge in [0, 0.05) is 17.1 Å². The lowest BCUT2D eigenvalue weighted by atomic mass is 10.2. The number of hydrogen-bond donors (Lipinski definition) is 0. The average molecular weight is 197 g/mol. The van der Waals surface area contributed by atoms with Crippen LogP contribution in [0.2, 0.25) is 0 Å². The molecule has 0 N–H and O–H groups in total. The van der Waals surface area contributed by atoms with Crippen LogP contribution in [0.5, 0.6) is 0 Å². The fourth-order valence-corrected chi connectivity index (χ4v) is 1.94. The highest BCUT2D eigenvalue weighted by Gasteiger charge is 2.07. The summed E-state index contributed by atoms with van der Waals surface area (Å²) in [5.41, 5.74) is 2.17. The monoisotopic (exact) mass is 197 g/mol. The highest BCUT2D eigenvalue weighted by atomic mass is 32.1. The SMILES string of the molecule is C=C(CC)Cn1c(C)c(C)sc1=O. The van der Waals surface area contributed by atoms with E-state index < -0.39 is 0 Å². The van der Waals surface area contributed by atoms with Crippen LogP contribution in [0.4, 0.5) is 0 Å². The van der Waals surface area contributed by atoms with Gasteiger partial charge in [-0.15, -0.1) is 0 Å². The Kier molecular flexibility index (Phi) is 3.09. The number of thiazole rings is 1. The molecule has 0 spiro atoms.